The van der Waals surface area contributed by atoms with Crippen molar-refractivity contribution >= 4 is 11.7 Å². The summed E-state index contributed by atoms with van der Waals surface area (Å²) in [5.74, 6) is 0.574. The maximum atomic E-state index is 11.9. The summed E-state index contributed by atoms with van der Waals surface area (Å²) >= 11 is 0. The van der Waals surface area contributed by atoms with Gasteiger partial charge in [-0.15, -0.1) is 0 Å². The number of pyridine rings is 1. The Morgan fingerprint density at radius 3 is 2.80 bits per heavy atom. The second-order valence-electron chi connectivity index (χ2n) is 3.43. The third kappa shape index (κ3) is 2.76. The molecule has 0 spiro atoms. The van der Waals surface area contributed by atoms with Crippen LogP contribution in [0.15, 0.2) is 24.4 Å². The number of hydrogen-bond donors (Lipinski definition) is 1. The Morgan fingerprint density at radius 1 is 1.60 bits per heavy atom. The molecule has 4 heteroatoms. The van der Waals surface area contributed by atoms with Crippen LogP contribution in [0.1, 0.15) is 13.3 Å². The van der Waals surface area contributed by atoms with Crippen molar-refractivity contribution in [3.63, 3.8) is 0 Å². The standard InChI is InChI=1S/C11H17N3O/c1-3-9(8-12)11(15)14(2)10-6-4-5-7-13-10/h4-7,9H,3,8,12H2,1-2H3. The highest BCUT2D eigenvalue weighted by Crippen LogP contribution is 2.12. The zero-order valence-corrected chi connectivity index (χ0v) is 9.18. The molecule has 1 atom stereocenters. The quantitative estimate of drug-likeness (QED) is 0.802. The lowest BCUT2D eigenvalue weighted by Gasteiger charge is -2.20. The number of carbonyl (C=O) groups excluding carboxylic acids is 1. The summed E-state index contributed by atoms with van der Waals surface area (Å²) in [5, 5.41) is 0. The van der Waals surface area contributed by atoms with Crippen LogP contribution in [0.25, 0.3) is 0 Å². The fraction of sp³-hybridized carbons (Fsp3) is 0.455. The predicted octanol–water partition coefficient (Wildman–Crippen LogP) is 1.03. The first-order valence-electron chi connectivity index (χ1n) is 5.09. The Hall–Kier alpha value is -1.42. The molecule has 2 N–H and O–H groups in total. The lowest BCUT2D eigenvalue weighted by atomic mass is 10.1. The Balaban J connectivity index is 2.76. The summed E-state index contributed by atoms with van der Waals surface area (Å²) in [6.07, 6.45) is 2.43. The molecular weight excluding hydrogens is 190 g/mol. The first-order valence-corrected chi connectivity index (χ1v) is 5.09. The van der Waals surface area contributed by atoms with Crippen molar-refractivity contribution < 1.29 is 4.79 Å². The fourth-order valence-electron chi connectivity index (χ4n) is 1.38. The minimum Gasteiger partial charge on any atom is -0.330 e. The Labute approximate surface area is 90.1 Å². The molecule has 4 nitrogen and oxygen atoms in total. The van der Waals surface area contributed by atoms with Crippen molar-refractivity contribution in [1.82, 2.24) is 4.98 Å². The van der Waals surface area contributed by atoms with Crippen LogP contribution < -0.4 is 10.6 Å². The number of hydrogen-bond acceptors (Lipinski definition) is 3. The van der Waals surface area contributed by atoms with E-state index in [-0.39, 0.29) is 11.8 Å². The molecule has 0 saturated heterocycles. The Bertz CT molecular complexity index is 309. The van der Waals surface area contributed by atoms with E-state index in [0.717, 1.165) is 6.42 Å². The van der Waals surface area contributed by atoms with Crippen LogP contribution in [0, 0.1) is 5.92 Å². The van der Waals surface area contributed by atoms with E-state index in [1.807, 2.05) is 19.1 Å². The number of nitrogens with two attached hydrogens (primary N) is 1. The van der Waals surface area contributed by atoms with Gasteiger partial charge in [-0.05, 0) is 18.6 Å². The van der Waals surface area contributed by atoms with Crippen molar-refractivity contribution in [3.8, 4) is 0 Å². The fourth-order valence-corrected chi connectivity index (χ4v) is 1.38. The van der Waals surface area contributed by atoms with Crippen molar-refractivity contribution in [3.05, 3.63) is 24.4 Å². The topological polar surface area (TPSA) is 59.2 Å². The monoisotopic (exact) mass is 207 g/mol. The molecule has 1 heterocycles. The first kappa shape index (κ1) is 11.7. The zero-order chi connectivity index (χ0) is 11.3. The molecule has 0 bridgehead atoms. The molecule has 1 amide bonds. The van der Waals surface area contributed by atoms with E-state index in [4.69, 9.17) is 5.73 Å². The van der Waals surface area contributed by atoms with E-state index in [1.165, 1.54) is 0 Å². The van der Waals surface area contributed by atoms with E-state index in [1.54, 1.807) is 24.2 Å². The summed E-state index contributed by atoms with van der Waals surface area (Å²) in [5.41, 5.74) is 5.53. The third-order valence-electron chi connectivity index (χ3n) is 2.45. The maximum Gasteiger partial charge on any atom is 0.232 e. The van der Waals surface area contributed by atoms with Crippen LogP contribution in [0.5, 0.6) is 0 Å². The highest BCUT2D eigenvalue weighted by Gasteiger charge is 2.20. The maximum absolute atomic E-state index is 11.9. The van der Waals surface area contributed by atoms with Crippen LogP contribution in [0.2, 0.25) is 0 Å². The number of anilines is 1. The molecule has 82 valence electrons. The smallest absolute Gasteiger partial charge is 0.232 e. The van der Waals surface area contributed by atoms with Gasteiger partial charge in [0.1, 0.15) is 5.82 Å². The predicted molar refractivity (Wildman–Crippen MR) is 60.5 cm³/mol. The summed E-state index contributed by atoms with van der Waals surface area (Å²) < 4.78 is 0. The highest BCUT2D eigenvalue weighted by atomic mass is 16.2. The van der Waals surface area contributed by atoms with Gasteiger partial charge in [0.05, 0.1) is 5.92 Å². The van der Waals surface area contributed by atoms with Crippen molar-refractivity contribution in [2.24, 2.45) is 11.7 Å². The zero-order valence-electron chi connectivity index (χ0n) is 9.18. The lowest BCUT2D eigenvalue weighted by Crippen LogP contribution is -2.36. The van der Waals surface area contributed by atoms with Crippen LogP contribution in [0.4, 0.5) is 5.82 Å². The number of nitrogens with zero attached hydrogens (tertiary/aromatic N) is 2. The van der Waals surface area contributed by atoms with E-state index in [9.17, 15) is 4.79 Å². The van der Waals surface area contributed by atoms with Gasteiger partial charge in [-0.1, -0.05) is 13.0 Å². The van der Waals surface area contributed by atoms with Gasteiger partial charge in [-0.25, -0.2) is 4.98 Å². The van der Waals surface area contributed by atoms with Gasteiger partial charge in [0.25, 0.3) is 0 Å². The highest BCUT2D eigenvalue weighted by molar-refractivity contribution is 5.93. The normalized spacial score (nSPS) is 12.2. The minimum absolute atomic E-state index is 0.0266. The summed E-state index contributed by atoms with van der Waals surface area (Å²) in [6, 6.07) is 5.48. The van der Waals surface area contributed by atoms with Gasteiger partial charge >= 0.3 is 0 Å². The summed E-state index contributed by atoms with van der Waals surface area (Å²) in [4.78, 5) is 17.6. The van der Waals surface area contributed by atoms with E-state index in [2.05, 4.69) is 4.98 Å². The molecule has 15 heavy (non-hydrogen) atoms. The Kier molecular flexibility index (Phi) is 4.24. The average Bonchev–Trinajstić information content (AvgIpc) is 2.30. The molecule has 1 unspecified atom stereocenters. The molecule has 0 aliphatic carbocycles. The molecule has 0 aliphatic heterocycles. The van der Waals surface area contributed by atoms with Gasteiger partial charge in [-0.3, -0.25) is 9.69 Å². The third-order valence-corrected chi connectivity index (χ3v) is 2.45. The first-order chi connectivity index (χ1) is 7.20. The van der Waals surface area contributed by atoms with E-state index < -0.39 is 0 Å². The van der Waals surface area contributed by atoms with Crippen LogP contribution >= 0.6 is 0 Å². The molecule has 0 saturated carbocycles. The van der Waals surface area contributed by atoms with E-state index >= 15 is 0 Å². The number of amides is 1. The van der Waals surface area contributed by atoms with Crippen LogP contribution in [0.3, 0.4) is 0 Å². The van der Waals surface area contributed by atoms with E-state index in [0.29, 0.717) is 12.4 Å². The molecule has 1 aromatic rings. The number of carbonyl (C=O) groups is 1. The molecule has 0 aliphatic rings. The summed E-state index contributed by atoms with van der Waals surface area (Å²) in [7, 11) is 1.73. The molecule has 0 fully saturated rings. The summed E-state index contributed by atoms with van der Waals surface area (Å²) in [6.45, 7) is 2.34. The lowest BCUT2D eigenvalue weighted by molar-refractivity contribution is -0.121. The van der Waals surface area contributed by atoms with Crippen molar-refractivity contribution in [2.45, 2.75) is 13.3 Å². The van der Waals surface area contributed by atoms with Crippen molar-refractivity contribution in [1.29, 1.82) is 0 Å². The Morgan fingerprint density at radius 2 is 2.33 bits per heavy atom. The van der Waals surface area contributed by atoms with Gasteiger partial charge in [-0.2, -0.15) is 0 Å². The number of rotatable bonds is 4. The van der Waals surface area contributed by atoms with Gasteiger partial charge in [0.15, 0.2) is 0 Å². The second kappa shape index (κ2) is 5.46. The average molecular weight is 207 g/mol. The molecule has 1 rings (SSSR count). The van der Waals surface area contributed by atoms with Gasteiger partial charge in [0.2, 0.25) is 5.91 Å². The molecule has 0 aromatic carbocycles. The minimum atomic E-state index is -0.114. The molecule has 1 aromatic heterocycles. The van der Waals surface area contributed by atoms with Gasteiger partial charge in [0, 0.05) is 19.8 Å². The second-order valence-corrected chi connectivity index (χ2v) is 3.43. The largest absolute Gasteiger partial charge is 0.330 e. The molecule has 0 radical (unpaired) electrons. The van der Waals surface area contributed by atoms with Crippen LogP contribution in [-0.2, 0) is 4.79 Å². The number of aromatic nitrogens is 1. The van der Waals surface area contributed by atoms with Crippen LogP contribution in [-0.4, -0.2) is 24.5 Å². The van der Waals surface area contributed by atoms with Crippen molar-refractivity contribution in [2.75, 3.05) is 18.5 Å². The molecular formula is C11H17N3O. The van der Waals surface area contributed by atoms with Gasteiger partial charge < -0.3 is 5.73 Å². The SMILES string of the molecule is CCC(CN)C(=O)N(C)c1ccccn1.